The molecule has 0 saturated carbocycles. The van der Waals surface area contributed by atoms with E-state index in [1.807, 2.05) is 0 Å². The maximum absolute atomic E-state index is 5.59. The number of ether oxygens (including phenoxy) is 1. The highest BCUT2D eigenvalue weighted by atomic mass is 16.5. The Labute approximate surface area is 163 Å². The summed E-state index contributed by atoms with van der Waals surface area (Å²) in [5, 5.41) is 0. The Morgan fingerprint density at radius 3 is 1.65 bits per heavy atom. The molecule has 0 amide bonds. The average molecular weight is 361 g/mol. The lowest BCUT2D eigenvalue weighted by molar-refractivity contribution is 0.408. The third-order valence-electron chi connectivity index (χ3n) is 5.46. The van der Waals surface area contributed by atoms with Crippen LogP contribution in [0.3, 0.4) is 0 Å². The van der Waals surface area contributed by atoms with Gasteiger partial charge in [-0.3, -0.25) is 0 Å². The van der Waals surface area contributed by atoms with Crippen molar-refractivity contribution < 1.29 is 4.74 Å². The SMILES string of the molecule is CCCCCCCCCc1ccc(OC)c(CCCCCCCCC)c1. The second kappa shape index (κ2) is 16.2. The zero-order valence-electron chi connectivity index (χ0n) is 18.0. The smallest absolute Gasteiger partial charge is 0.122 e. The van der Waals surface area contributed by atoms with Gasteiger partial charge in [0.05, 0.1) is 7.11 Å². The number of unbranched alkanes of at least 4 members (excludes halogenated alkanes) is 12. The molecule has 0 unspecified atom stereocenters. The van der Waals surface area contributed by atoms with E-state index in [9.17, 15) is 0 Å². The van der Waals surface area contributed by atoms with Gasteiger partial charge in [0.1, 0.15) is 5.75 Å². The van der Waals surface area contributed by atoms with Crippen LogP contribution in [-0.2, 0) is 12.8 Å². The fraction of sp³-hybridized carbons (Fsp3) is 0.760. The standard InChI is InChI=1S/C25H44O/c1-4-6-8-10-12-14-16-18-23-20-21-25(26-3)24(22-23)19-17-15-13-11-9-7-5-2/h20-22H,4-19H2,1-3H3. The molecule has 0 fully saturated rings. The van der Waals surface area contributed by atoms with Crippen molar-refractivity contribution >= 4 is 0 Å². The van der Waals surface area contributed by atoms with E-state index in [-0.39, 0.29) is 0 Å². The molecular weight excluding hydrogens is 316 g/mol. The molecule has 1 heteroatoms. The van der Waals surface area contributed by atoms with Gasteiger partial charge in [0, 0.05) is 0 Å². The molecule has 150 valence electrons. The van der Waals surface area contributed by atoms with Gasteiger partial charge in [-0.05, 0) is 42.9 Å². The van der Waals surface area contributed by atoms with Gasteiger partial charge in [0.15, 0.2) is 0 Å². The molecule has 0 spiro atoms. The largest absolute Gasteiger partial charge is 0.496 e. The Balaban J connectivity index is 2.28. The van der Waals surface area contributed by atoms with Gasteiger partial charge < -0.3 is 4.74 Å². The van der Waals surface area contributed by atoms with Crippen LogP contribution in [0.2, 0.25) is 0 Å². The van der Waals surface area contributed by atoms with Crippen LogP contribution in [0.1, 0.15) is 115 Å². The minimum atomic E-state index is 1.08. The van der Waals surface area contributed by atoms with Crippen LogP contribution in [0.5, 0.6) is 5.75 Å². The molecule has 0 radical (unpaired) electrons. The van der Waals surface area contributed by atoms with E-state index < -0.39 is 0 Å². The Morgan fingerprint density at radius 1 is 0.615 bits per heavy atom. The van der Waals surface area contributed by atoms with Crippen LogP contribution in [0.25, 0.3) is 0 Å². The van der Waals surface area contributed by atoms with Crippen molar-refractivity contribution in [3.05, 3.63) is 29.3 Å². The van der Waals surface area contributed by atoms with Crippen molar-refractivity contribution in [3.8, 4) is 5.75 Å². The van der Waals surface area contributed by atoms with Gasteiger partial charge in [-0.1, -0.05) is 103 Å². The highest BCUT2D eigenvalue weighted by Gasteiger charge is 2.05. The quantitative estimate of drug-likeness (QED) is 0.254. The van der Waals surface area contributed by atoms with Crippen LogP contribution in [0, 0.1) is 0 Å². The molecule has 1 aromatic carbocycles. The van der Waals surface area contributed by atoms with E-state index in [0.29, 0.717) is 0 Å². The summed E-state index contributed by atoms with van der Waals surface area (Å²) in [5.74, 6) is 1.08. The molecule has 26 heavy (non-hydrogen) atoms. The van der Waals surface area contributed by atoms with Crippen molar-refractivity contribution in [1.29, 1.82) is 0 Å². The molecule has 0 aliphatic rings. The molecule has 0 N–H and O–H groups in total. The van der Waals surface area contributed by atoms with Crippen LogP contribution >= 0.6 is 0 Å². The van der Waals surface area contributed by atoms with Gasteiger partial charge in [-0.15, -0.1) is 0 Å². The molecule has 1 rings (SSSR count). The minimum absolute atomic E-state index is 1.08. The lowest BCUT2D eigenvalue weighted by atomic mass is 9.99. The van der Waals surface area contributed by atoms with Gasteiger partial charge in [0.25, 0.3) is 0 Å². The van der Waals surface area contributed by atoms with E-state index in [4.69, 9.17) is 4.74 Å². The summed E-state index contributed by atoms with van der Waals surface area (Å²) in [6.07, 6.45) is 21.7. The maximum Gasteiger partial charge on any atom is 0.122 e. The second-order valence-corrected chi connectivity index (χ2v) is 7.89. The number of aryl methyl sites for hydroxylation is 2. The van der Waals surface area contributed by atoms with Crippen molar-refractivity contribution in [2.45, 2.75) is 117 Å². The molecule has 1 aromatic rings. The summed E-state index contributed by atoms with van der Waals surface area (Å²) < 4.78 is 5.59. The maximum atomic E-state index is 5.59. The van der Waals surface area contributed by atoms with Gasteiger partial charge >= 0.3 is 0 Å². The Kier molecular flexibility index (Phi) is 14.4. The molecule has 0 atom stereocenters. The normalized spacial score (nSPS) is 11.0. The fourth-order valence-electron chi connectivity index (χ4n) is 3.74. The first-order chi connectivity index (χ1) is 12.8. The first-order valence-electron chi connectivity index (χ1n) is 11.5. The Hall–Kier alpha value is -0.980. The van der Waals surface area contributed by atoms with Crippen LogP contribution < -0.4 is 4.74 Å². The summed E-state index contributed by atoms with van der Waals surface area (Å²) in [7, 11) is 1.81. The number of hydrogen-bond donors (Lipinski definition) is 0. The van der Waals surface area contributed by atoms with Crippen LogP contribution in [-0.4, -0.2) is 7.11 Å². The molecule has 0 saturated heterocycles. The molecule has 0 aromatic heterocycles. The highest BCUT2D eigenvalue weighted by Crippen LogP contribution is 2.23. The summed E-state index contributed by atoms with van der Waals surface area (Å²) in [6, 6.07) is 6.87. The fourth-order valence-corrected chi connectivity index (χ4v) is 3.74. The average Bonchev–Trinajstić information content (AvgIpc) is 2.66. The topological polar surface area (TPSA) is 9.23 Å². The highest BCUT2D eigenvalue weighted by molar-refractivity contribution is 5.37. The number of benzene rings is 1. The van der Waals surface area contributed by atoms with E-state index in [0.717, 1.165) is 5.75 Å². The molecule has 0 aliphatic carbocycles. The number of methoxy groups -OCH3 is 1. The Morgan fingerprint density at radius 2 is 1.12 bits per heavy atom. The second-order valence-electron chi connectivity index (χ2n) is 7.89. The van der Waals surface area contributed by atoms with Gasteiger partial charge in [-0.25, -0.2) is 0 Å². The van der Waals surface area contributed by atoms with Crippen LogP contribution in [0.15, 0.2) is 18.2 Å². The predicted molar refractivity (Wildman–Crippen MR) is 116 cm³/mol. The van der Waals surface area contributed by atoms with Crippen LogP contribution in [0.4, 0.5) is 0 Å². The first kappa shape index (κ1) is 23.1. The molecular formula is C25H44O. The monoisotopic (exact) mass is 360 g/mol. The van der Waals surface area contributed by atoms with E-state index in [1.54, 1.807) is 7.11 Å². The van der Waals surface area contributed by atoms with Gasteiger partial charge in [-0.2, -0.15) is 0 Å². The summed E-state index contributed by atoms with van der Waals surface area (Å²) >= 11 is 0. The predicted octanol–water partition coefficient (Wildman–Crippen LogP) is 8.28. The number of rotatable bonds is 17. The molecule has 0 heterocycles. The molecule has 0 aliphatic heterocycles. The van der Waals surface area contributed by atoms with E-state index >= 15 is 0 Å². The zero-order chi connectivity index (χ0) is 18.9. The lowest BCUT2D eigenvalue weighted by Gasteiger charge is -2.11. The number of hydrogen-bond acceptors (Lipinski definition) is 1. The summed E-state index contributed by atoms with van der Waals surface area (Å²) in [5.41, 5.74) is 2.92. The van der Waals surface area contributed by atoms with Gasteiger partial charge in [0.2, 0.25) is 0 Å². The van der Waals surface area contributed by atoms with E-state index in [2.05, 4.69) is 32.0 Å². The lowest BCUT2D eigenvalue weighted by Crippen LogP contribution is -1.96. The third kappa shape index (κ3) is 10.9. The van der Waals surface area contributed by atoms with Crippen molar-refractivity contribution in [2.75, 3.05) is 7.11 Å². The van der Waals surface area contributed by atoms with Crippen molar-refractivity contribution in [3.63, 3.8) is 0 Å². The summed E-state index contributed by atoms with van der Waals surface area (Å²) in [4.78, 5) is 0. The molecule has 0 bridgehead atoms. The van der Waals surface area contributed by atoms with Crippen molar-refractivity contribution in [1.82, 2.24) is 0 Å². The zero-order valence-corrected chi connectivity index (χ0v) is 18.0. The first-order valence-corrected chi connectivity index (χ1v) is 11.5. The minimum Gasteiger partial charge on any atom is -0.496 e. The summed E-state index contributed by atoms with van der Waals surface area (Å²) in [6.45, 7) is 4.57. The Bertz CT molecular complexity index is 438. The van der Waals surface area contributed by atoms with E-state index in [1.165, 1.54) is 114 Å². The molecule has 1 nitrogen and oxygen atoms in total. The third-order valence-corrected chi connectivity index (χ3v) is 5.46. The van der Waals surface area contributed by atoms with Crippen molar-refractivity contribution in [2.24, 2.45) is 0 Å².